The van der Waals surface area contributed by atoms with Gasteiger partial charge in [0.1, 0.15) is 11.4 Å². The van der Waals surface area contributed by atoms with Gasteiger partial charge >= 0.3 is 0 Å². The van der Waals surface area contributed by atoms with Crippen molar-refractivity contribution in [3.05, 3.63) is 36.7 Å². The summed E-state index contributed by atoms with van der Waals surface area (Å²) in [6.07, 6.45) is 5.40. The molecule has 3 rings (SSSR count). The number of fused-ring (bicyclic) bond motifs is 3. The van der Waals surface area contributed by atoms with Crippen LogP contribution in [0.1, 0.15) is 11.4 Å². The molecule has 0 radical (unpaired) electrons. The van der Waals surface area contributed by atoms with Crippen molar-refractivity contribution in [1.82, 2.24) is 30.0 Å². The van der Waals surface area contributed by atoms with Gasteiger partial charge in [-0.05, 0) is 12.8 Å². The summed E-state index contributed by atoms with van der Waals surface area (Å²) in [5.74, 6) is 0. The van der Waals surface area contributed by atoms with Crippen molar-refractivity contribution in [1.29, 1.82) is 0 Å². The highest BCUT2D eigenvalue weighted by molar-refractivity contribution is 5.62. The first-order valence-electron chi connectivity index (χ1n) is 5.92. The second kappa shape index (κ2) is 4.21. The Bertz CT molecular complexity index is 606. The third-order valence-electron chi connectivity index (χ3n) is 3.07. The second-order valence-corrected chi connectivity index (χ2v) is 4.21. The third kappa shape index (κ3) is 1.49. The van der Waals surface area contributed by atoms with E-state index in [1.54, 1.807) is 6.08 Å². The summed E-state index contributed by atoms with van der Waals surface area (Å²) in [5.41, 5.74) is 4.00. The summed E-state index contributed by atoms with van der Waals surface area (Å²) in [5, 5.41) is 16.8. The number of allylic oxidation sites excluding steroid dienone is 2. The van der Waals surface area contributed by atoms with E-state index in [2.05, 4.69) is 33.8 Å². The molecule has 2 heterocycles. The second-order valence-electron chi connectivity index (χ2n) is 4.21. The summed E-state index contributed by atoms with van der Waals surface area (Å²) in [6.45, 7) is 8.78. The normalized spacial score (nSPS) is 12.9. The molecule has 0 aliphatic heterocycles. The fourth-order valence-corrected chi connectivity index (χ4v) is 2.30. The molecule has 0 atom stereocenters. The van der Waals surface area contributed by atoms with Gasteiger partial charge in [-0.15, -0.1) is 23.4 Å². The van der Waals surface area contributed by atoms with Crippen LogP contribution in [-0.2, 0) is 25.9 Å². The van der Waals surface area contributed by atoms with Crippen molar-refractivity contribution in [2.45, 2.75) is 25.9 Å². The van der Waals surface area contributed by atoms with Gasteiger partial charge in [0.2, 0.25) is 0 Å². The molecular weight excluding hydrogens is 228 g/mol. The van der Waals surface area contributed by atoms with E-state index in [9.17, 15) is 0 Å². The van der Waals surface area contributed by atoms with Crippen molar-refractivity contribution in [2.75, 3.05) is 0 Å². The molecule has 1 aliphatic carbocycles. The monoisotopic (exact) mass is 242 g/mol. The zero-order valence-electron chi connectivity index (χ0n) is 10.1. The smallest absolute Gasteiger partial charge is 0.136 e. The van der Waals surface area contributed by atoms with Crippen LogP contribution in [0.25, 0.3) is 11.4 Å². The third-order valence-corrected chi connectivity index (χ3v) is 3.07. The maximum Gasteiger partial charge on any atom is 0.136 e. The van der Waals surface area contributed by atoms with Gasteiger partial charge in [0.15, 0.2) is 0 Å². The molecular formula is C12H14N6. The fraction of sp³-hybridized carbons (Fsp3) is 0.333. The Hall–Kier alpha value is -2.24. The Morgan fingerprint density at radius 1 is 1.00 bits per heavy atom. The van der Waals surface area contributed by atoms with E-state index in [1.165, 1.54) is 0 Å². The molecule has 0 aromatic carbocycles. The van der Waals surface area contributed by atoms with E-state index in [-0.39, 0.29) is 0 Å². The average molecular weight is 242 g/mol. The summed E-state index contributed by atoms with van der Waals surface area (Å²) in [4.78, 5) is 0. The summed E-state index contributed by atoms with van der Waals surface area (Å²) in [7, 11) is 0. The van der Waals surface area contributed by atoms with E-state index in [1.807, 2.05) is 15.4 Å². The summed E-state index contributed by atoms with van der Waals surface area (Å²) < 4.78 is 3.71. The van der Waals surface area contributed by atoms with Crippen LogP contribution < -0.4 is 0 Å². The van der Waals surface area contributed by atoms with Crippen LogP contribution in [0.4, 0.5) is 0 Å². The number of hydrogen-bond donors (Lipinski definition) is 0. The van der Waals surface area contributed by atoms with Crippen LogP contribution in [0.2, 0.25) is 0 Å². The number of nitrogens with zero attached hydrogens (tertiary/aromatic N) is 6. The van der Waals surface area contributed by atoms with Crippen molar-refractivity contribution < 1.29 is 0 Å². The van der Waals surface area contributed by atoms with Crippen LogP contribution in [0.3, 0.4) is 0 Å². The van der Waals surface area contributed by atoms with Gasteiger partial charge in [0.05, 0.1) is 24.5 Å². The Balaban J connectivity index is 2.12. The zero-order valence-corrected chi connectivity index (χ0v) is 10.1. The van der Waals surface area contributed by atoms with Gasteiger partial charge in [-0.3, -0.25) is 0 Å². The van der Waals surface area contributed by atoms with Crippen molar-refractivity contribution in [2.24, 2.45) is 0 Å². The molecule has 18 heavy (non-hydrogen) atoms. The van der Waals surface area contributed by atoms with Crippen molar-refractivity contribution in [3.8, 4) is 11.4 Å². The lowest BCUT2D eigenvalue weighted by atomic mass is 10.0. The first-order valence-corrected chi connectivity index (χ1v) is 5.92. The molecule has 2 aromatic rings. The van der Waals surface area contributed by atoms with E-state index >= 15 is 0 Å². The Labute approximate surface area is 105 Å². The van der Waals surface area contributed by atoms with E-state index in [0.29, 0.717) is 13.1 Å². The minimum atomic E-state index is 0.635. The molecule has 0 fully saturated rings. The number of aryl methyl sites for hydroxylation is 1. The molecule has 0 unspecified atom stereocenters. The molecule has 1 aliphatic rings. The molecule has 2 aromatic heterocycles. The molecule has 0 amide bonds. The first kappa shape index (κ1) is 10.9. The molecule has 0 bridgehead atoms. The molecule has 0 saturated carbocycles. The number of rotatable bonds is 4. The van der Waals surface area contributed by atoms with Gasteiger partial charge < -0.3 is 0 Å². The molecule has 0 saturated heterocycles. The van der Waals surface area contributed by atoms with Crippen molar-refractivity contribution in [3.63, 3.8) is 0 Å². The van der Waals surface area contributed by atoms with Crippen LogP contribution in [-0.4, -0.2) is 30.0 Å². The van der Waals surface area contributed by atoms with Gasteiger partial charge in [-0.1, -0.05) is 22.6 Å². The molecule has 0 N–H and O–H groups in total. The Morgan fingerprint density at radius 2 is 1.72 bits per heavy atom. The zero-order chi connectivity index (χ0) is 12.5. The van der Waals surface area contributed by atoms with Crippen molar-refractivity contribution >= 4 is 0 Å². The van der Waals surface area contributed by atoms with Gasteiger partial charge in [-0.2, -0.15) is 0 Å². The lowest BCUT2D eigenvalue weighted by Crippen LogP contribution is -2.11. The lowest BCUT2D eigenvalue weighted by molar-refractivity contribution is 0.624. The highest BCUT2D eigenvalue weighted by Gasteiger charge is 2.27. The standard InChI is InChI=1S/C12H14N6/c1-3-7-17-10-6-5-9-12(11(10)14-16-17)18(8-4-2)15-13-9/h3-4H,1-2,5-8H2. The molecule has 6 heteroatoms. The fourth-order valence-electron chi connectivity index (χ4n) is 2.30. The van der Waals surface area contributed by atoms with Gasteiger partial charge in [0, 0.05) is 0 Å². The minimum Gasteiger partial charge on any atom is -0.245 e. The SMILES string of the molecule is C=CCn1nnc2c1CCc1nnn(CC=C)c1-2. The van der Waals surface area contributed by atoms with Crippen LogP contribution >= 0.6 is 0 Å². The van der Waals surface area contributed by atoms with Crippen LogP contribution in [0.5, 0.6) is 0 Å². The number of aromatic nitrogens is 6. The predicted molar refractivity (Wildman–Crippen MR) is 66.8 cm³/mol. The quantitative estimate of drug-likeness (QED) is 0.751. The Morgan fingerprint density at radius 3 is 2.50 bits per heavy atom. The van der Waals surface area contributed by atoms with E-state index in [4.69, 9.17) is 0 Å². The maximum atomic E-state index is 4.26. The molecule has 6 nitrogen and oxygen atoms in total. The van der Waals surface area contributed by atoms with Crippen LogP contribution in [0, 0.1) is 0 Å². The first-order chi connectivity index (χ1) is 8.85. The largest absolute Gasteiger partial charge is 0.245 e. The lowest BCUT2D eigenvalue weighted by Gasteiger charge is -2.12. The topological polar surface area (TPSA) is 61.4 Å². The van der Waals surface area contributed by atoms with Gasteiger partial charge in [0.25, 0.3) is 0 Å². The summed E-state index contributed by atoms with van der Waals surface area (Å²) in [6, 6.07) is 0. The van der Waals surface area contributed by atoms with Gasteiger partial charge in [-0.25, -0.2) is 9.36 Å². The maximum absolute atomic E-state index is 4.26. The molecule has 92 valence electrons. The Kier molecular flexibility index (Phi) is 2.55. The highest BCUT2D eigenvalue weighted by Crippen LogP contribution is 2.30. The summed E-state index contributed by atoms with van der Waals surface area (Å²) >= 11 is 0. The highest BCUT2D eigenvalue weighted by atomic mass is 15.5. The number of hydrogen-bond acceptors (Lipinski definition) is 4. The van der Waals surface area contributed by atoms with E-state index in [0.717, 1.165) is 35.6 Å². The average Bonchev–Trinajstić information content (AvgIpc) is 2.95. The van der Waals surface area contributed by atoms with E-state index < -0.39 is 0 Å². The van der Waals surface area contributed by atoms with Crippen LogP contribution in [0.15, 0.2) is 25.3 Å². The molecule has 0 spiro atoms. The predicted octanol–water partition coefficient (Wildman–Crippen LogP) is 1.01. The minimum absolute atomic E-state index is 0.635.